The molecule has 2 N–H and O–H groups in total. The van der Waals surface area contributed by atoms with Gasteiger partial charge < -0.3 is 10.3 Å². The lowest BCUT2D eigenvalue weighted by Crippen LogP contribution is -2.07. The van der Waals surface area contributed by atoms with Crippen molar-refractivity contribution in [1.82, 2.24) is 9.55 Å². The summed E-state index contributed by atoms with van der Waals surface area (Å²) in [7, 11) is -2.91. The maximum absolute atomic E-state index is 11.1. The molecule has 0 bridgehead atoms. The van der Waals surface area contributed by atoms with Crippen LogP contribution in [0.2, 0.25) is 0 Å². The SMILES string of the molecule is CS(=O)(=O)CCCn1ccnc1-c1ccc(N)cc1. The van der Waals surface area contributed by atoms with Crippen molar-refractivity contribution in [2.45, 2.75) is 13.0 Å². The highest BCUT2D eigenvalue weighted by Gasteiger charge is 2.07. The van der Waals surface area contributed by atoms with E-state index in [0.29, 0.717) is 18.7 Å². The van der Waals surface area contributed by atoms with Crippen molar-refractivity contribution in [3.63, 3.8) is 0 Å². The van der Waals surface area contributed by atoms with Crippen molar-refractivity contribution in [1.29, 1.82) is 0 Å². The van der Waals surface area contributed by atoms with Gasteiger partial charge in [0.15, 0.2) is 0 Å². The summed E-state index contributed by atoms with van der Waals surface area (Å²) in [4.78, 5) is 4.30. The van der Waals surface area contributed by atoms with Crippen LogP contribution in [-0.2, 0) is 16.4 Å². The Balaban J connectivity index is 2.12. The summed E-state index contributed by atoms with van der Waals surface area (Å²) >= 11 is 0. The minimum absolute atomic E-state index is 0.187. The third-order valence-electron chi connectivity index (χ3n) is 2.80. The largest absolute Gasteiger partial charge is 0.399 e. The molecule has 0 aliphatic carbocycles. The topological polar surface area (TPSA) is 78.0 Å². The van der Waals surface area contributed by atoms with Crippen LogP contribution in [-0.4, -0.2) is 30.0 Å². The third kappa shape index (κ3) is 3.82. The zero-order valence-electron chi connectivity index (χ0n) is 10.8. The summed E-state index contributed by atoms with van der Waals surface area (Å²) in [6.07, 6.45) is 5.40. The normalized spacial score (nSPS) is 11.6. The molecule has 0 saturated carbocycles. The summed E-state index contributed by atoms with van der Waals surface area (Å²) < 4.78 is 24.2. The molecule has 1 aromatic heterocycles. The zero-order chi connectivity index (χ0) is 13.9. The third-order valence-corrected chi connectivity index (χ3v) is 3.83. The van der Waals surface area contributed by atoms with Gasteiger partial charge in [-0.3, -0.25) is 0 Å². The van der Waals surface area contributed by atoms with Crippen LogP contribution >= 0.6 is 0 Å². The van der Waals surface area contributed by atoms with Gasteiger partial charge in [0, 0.05) is 36.4 Å². The Labute approximate surface area is 113 Å². The molecule has 5 nitrogen and oxygen atoms in total. The molecule has 1 heterocycles. The van der Waals surface area contributed by atoms with Crippen LogP contribution in [0.15, 0.2) is 36.7 Å². The Morgan fingerprint density at radius 1 is 1.26 bits per heavy atom. The second kappa shape index (κ2) is 5.44. The second-order valence-corrected chi connectivity index (χ2v) is 6.81. The van der Waals surface area contributed by atoms with Crippen molar-refractivity contribution < 1.29 is 8.42 Å². The molecule has 0 aliphatic rings. The minimum atomic E-state index is -2.91. The first-order chi connectivity index (χ1) is 8.96. The van der Waals surface area contributed by atoms with E-state index in [1.807, 2.05) is 35.0 Å². The van der Waals surface area contributed by atoms with E-state index in [1.165, 1.54) is 6.26 Å². The lowest BCUT2D eigenvalue weighted by Gasteiger charge is -2.07. The van der Waals surface area contributed by atoms with E-state index in [4.69, 9.17) is 5.73 Å². The van der Waals surface area contributed by atoms with Gasteiger partial charge in [0.05, 0.1) is 5.75 Å². The molecule has 0 fully saturated rings. The number of benzene rings is 1. The average Bonchev–Trinajstić information content (AvgIpc) is 2.77. The lowest BCUT2D eigenvalue weighted by atomic mass is 10.2. The fourth-order valence-corrected chi connectivity index (χ4v) is 2.53. The fraction of sp³-hybridized carbons (Fsp3) is 0.308. The van der Waals surface area contributed by atoms with Crippen molar-refractivity contribution in [3.05, 3.63) is 36.7 Å². The lowest BCUT2D eigenvalue weighted by molar-refractivity contribution is 0.592. The molecule has 0 radical (unpaired) electrons. The van der Waals surface area contributed by atoms with Crippen molar-refractivity contribution in [2.24, 2.45) is 0 Å². The Bertz CT molecular complexity index is 645. The number of aryl methyl sites for hydroxylation is 1. The quantitative estimate of drug-likeness (QED) is 0.843. The van der Waals surface area contributed by atoms with E-state index < -0.39 is 9.84 Å². The molecule has 1 aromatic carbocycles. The number of rotatable bonds is 5. The maximum Gasteiger partial charge on any atom is 0.147 e. The minimum Gasteiger partial charge on any atom is -0.399 e. The summed E-state index contributed by atoms with van der Waals surface area (Å²) in [5.74, 6) is 1.01. The summed E-state index contributed by atoms with van der Waals surface area (Å²) in [5, 5.41) is 0. The zero-order valence-corrected chi connectivity index (χ0v) is 11.6. The van der Waals surface area contributed by atoms with Crippen LogP contribution in [0.1, 0.15) is 6.42 Å². The number of nitrogen functional groups attached to an aromatic ring is 1. The molecule has 2 rings (SSSR count). The number of imidazole rings is 1. The van der Waals surface area contributed by atoms with Crippen LogP contribution in [0.4, 0.5) is 5.69 Å². The molecule has 102 valence electrons. The second-order valence-electron chi connectivity index (χ2n) is 4.55. The number of aromatic nitrogens is 2. The van der Waals surface area contributed by atoms with Gasteiger partial charge >= 0.3 is 0 Å². The molecule has 6 heteroatoms. The van der Waals surface area contributed by atoms with Gasteiger partial charge in [-0.15, -0.1) is 0 Å². The molecule has 19 heavy (non-hydrogen) atoms. The smallest absolute Gasteiger partial charge is 0.147 e. The Morgan fingerprint density at radius 3 is 2.58 bits per heavy atom. The molecule has 2 aromatic rings. The molecule has 0 aliphatic heterocycles. The van der Waals surface area contributed by atoms with E-state index in [0.717, 1.165) is 11.4 Å². The van der Waals surface area contributed by atoms with Crippen LogP contribution in [0, 0.1) is 0 Å². The van der Waals surface area contributed by atoms with Gasteiger partial charge in [-0.25, -0.2) is 13.4 Å². The van der Waals surface area contributed by atoms with Crippen LogP contribution in [0.3, 0.4) is 0 Å². The predicted molar refractivity (Wildman–Crippen MR) is 76.4 cm³/mol. The van der Waals surface area contributed by atoms with Crippen molar-refractivity contribution in [3.8, 4) is 11.4 Å². The Kier molecular flexibility index (Phi) is 3.90. The van der Waals surface area contributed by atoms with E-state index in [1.54, 1.807) is 6.20 Å². The van der Waals surface area contributed by atoms with Gasteiger partial charge in [0.1, 0.15) is 15.7 Å². The highest BCUT2D eigenvalue weighted by molar-refractivity contribution is 7.90. The number of sulfone groups is 1. The molecular weight excluding hydrogens is 262 g/mol. The number of nitrogens with zero attached hydrogens (tertiary/aromatic N) is 2. The van der Waals surface area contributed by atoms with Crippen molar-refractivity contribution in [2.75, 3.05) is 17.7 Å². The average molecular weight is 279 g/mol. The van der Waals surface area contributed by atoms with Crippen molar-refractivity contribution >= 4 is 15.5 Å². The highest BCUT2D eigenvalue weighted by atomic mass is 32.2. The first kappa shape index (κ1) is 13.6. The van der Waals surface area contributed by atoms with Gasteiger partial charge in [-0.05, 0) is 30.7 Å². The standard InChI is InChI=1S/C13H17N3O2S/c1-19(17,18)10-2-8-16-9-7-15-13(16)11-3-5-12(14)6-4-11/h3-7,9H,2,8,10,14H2,1H3. The van der Waals surface area contributed by atoms with E-state index in [2.05, 4.69) is 4.98 Å². The summed E-state index contributed by atoms with van der Waals surface area (Å²) in [6, 6.07) is 7.46. The Hall–Kier alpha value is -1.82. The van der Waals surface area contributed by atoms with Crippen LogP contribution in [0.5, 0.6) is 0 Å². The maximum atomic E-state index is 11.1. The molecular formula is C13H17N3O2S. The molecule has 0 saturated heterocycles. The molecule has 0 spiro atoms. The summed E-state index contributed by atoms with van der Waals surface area (Å²) in [6.45, 7) is 0.632. The van der Waals surface area contributed by atoms with E-state index in [9.17, 15) is 8.42 Å². The predicted octanol–water partition coefficient (Wildman–Crippen LogP) is 1.57. The van der Waals surface area contributed by atoms with E-state index in [-0.39, 0.29) is 5.75 Å². The highest BCUT2D eigenvalue weighted by Crippen LogP contribution is 2.19. The number of nitrogens with two attached hydrogens (primary N) is 1. The summed E-state index contributed by atoms with van der Waals surface area (Å²) in [5.41, 5.74) is 7.33. The molecule has 0 amide bonds. The van der Waals surface area contributed by atoms with Gasteiger partial charge in [-0.2, -0.15) is 0 Å². The molecule has 0 unspecified atom stereocenters. The van der Waals surface area contributed by atoms with Crippen LogP contribution < -0.4 is 5.73 Å². The first-order valence-electron chi connectivity index (χ1n) is 6.00. The monoisotopic (exact) mass is 279 g/mol. The number of anilines is 1. The Morgan fingerprint density at radius 2 is 1.95 bits per heavy atom. The first-order valence-corrected chi connectivity index (χ1v) is 8.06. The molecule has 0 atom stereocenters. The van der Waals surface area contributed by atoms with Gasteiger partial charge in [0.2, 0.25) is 0 Å². The van der Waals surface area contributed by atoms with E-state index >= 15 is 0 Å². The van der Waals surface area contributed by atoms with Crippen LogP contribution in [0.25, 0.3) is 11.4 Å². The van der Waals surface area contributed by atoms with Gasteiger partial charge in [0.25, 0.3) is 0 Å². The van der Waals surface area contributed by atoms with Gasteiger partial charge in [-0.1, -0.05) is 0 Å². The fourth-order valence-electron chi connectivity index (χ4n) is 1.88. The number of hydrogen-bond donors (Lipinski definition) is 1. The number of hydrogen-bond acceptors (Lipinski definition) is 4.